The Morgan fingerprint density at radius 2 is 2.04 bits per heavy atom. The molecule has 1 aliphatic heterocycles. The fraction of sp³-hybridized carbons (Fsp3) is 0.562. The molecule has 0 aromatic heterocycles. The topological polar surface area (TPSA) is 50.4 Å². The Morgan fingerprint density at radius 3 is 2.61 bits per heavy atom. The van der Waals surface area contributed by atoms with Crippen LogP contribution in [-0.2, 0) is 17.3 Å². The van der Waals surface area contributed by atoms with Crippen molar-refractivity contribution >= 4 is 6.03 Å². The van der Waals surface area contributed by atoms with Gasteiger partial charge in [-0.15, -0.1) is 0 Å². The fourth-order valence-electron chi connectivity index (χ4n) is 2.53. The first-order valence-corrected chi connectivity index (χ1v) is 7.68. The maximum absolute atomic E-state index is 12.5. The van der Waals surface area contributed by atoms with Crippen LogP contribution in [0.1, 0.15) is 30.9 Å². The molecule has 4 nitrogen and oxygen atoms in total. The van der Waals surface area contributed by atoms with Gasteiger partial charge in [0.15, 0.2) is 0 Å². The van der Waals surface area contributed by atoms with Crippen LogP contribution in [0.25, 0.3) is 0 Å². The van der Waals surface area contributed by atoms with Crippen LogP contribution in [0.5, 0.6) is 0 Å². The molecule has 128 valence electrons. The molecule has 1 fully saturated rings. The molecule has 1 aromatic rings. The summed E-state index contributed by atoms with van der Waals surface area (Å²) in [5.41, 5.74) is 0.0721. The molecule has 0 aliphatic carbocycles. The molecule has 23 heavy (non-hydrogen) atoms. The largest absolute Gasteiger partial charge is 0.416 e. The van der Waals surface area contributed by atoms with Crippen molar-refractivity contribution in [1.29, 1.82) is 0 Å². The summed E-state index contributed by atoms with van der Waals surface area (Å²) in [4.78, 5) is 11.8. The van der Waals surface area contributed by atoms with Crippen LogP contribution in [0.3, 0.4) is 0 Å². The lowest BCUT2D eigenvalue weighted by Gasteiger charge is -2.20. The number of amides is 2. The van der Waals surface area contributed by atoms with Crippen molar-refractivity contribution in [3.63, 3.8) is 0 Å². The molecular weight excluding hydrogens is 309 g/mol. The van der Waals surface area contributed by atoms with E-state index in [4.69, 9.17) is 4.74 Å². The summed E-state index contributed by atoms with van der Waals surface area (Å²) in [5.74, 6) is 0. The molecule has 1 heterocycles. The van der Waals surface area contributed by atoms with Gasteiger partial charge in [0.25, 0.3) is 0 Å². The molecule has 7 heteroatoms. The van der Waals surface area contributed by atoms with Crippen molar-refractivity contribution in [3.8, 4) is 0 Å². The van der Waals surface area contributed by atoms with E-state index in [2.05, 4.69) is 10.6 Å². The summed E-state index contributed by atoms with van der Waals surface area (Å²) in [6.07, 6.45) is -1.86. The highest BCUT2D eigenvalue weighted by Gasteiger charge is 2.29. The van der Waals surface area contributed by atoms with Crippen LogP contribution >= 0.6 is 0 Å². The van der Waals surface area contributed by atoms with Crippen LogP contribution in [0.15, 0.2) is 24.3 Å². The van der Waals surface area contributed by atoms with Gasteiger partial charge in [-0.05, 0) is 43.9 Å². The molecule has 0 spiro atoms. The minimum atomic E-state index is -4.32. The number of benzene rings is 1. The van der Waals surface area contributed by atoms with Gasteiger partial charge in [-0.3, -0.25) is 0 Å². The number of halogens is 3. The molecule has 2 amide bonds. The van der Waals surface area contributed by atoms with E-state index >= 15 is 0 Å². The Hall–Kier alpha value is -1.76. The number of alkyl halides is 3. The van der Waals surface area contributed by atoms with E-state index in [-0.39, 0.29) is 18.2 Å². The number of rotatable bonds is 5. The molecule has 2 N–H and O–H groups in total. The summed E-state index contributed by atoms with van der Waals surface area (Å²) in [6, 6.07) is 4.60. The molecule has 1 aliphatic rings. The first kappa shape index (κ1) is 17.6. The number of urea groups is 1. The van der Waals surface area contributed by atoms with Gasteiger partial charge in [0.1, 0.15) is 0 Å². The number of hydrogen-bond acceptors (Lipinski definition) is 2. The molecule has 0 unspecified atom stereocenters. The zero-order valence-corrected chi connectivity index (χ0v) is 13.0. The minimum absolute atomic E-state index is 0.0515. The molecular formula is C16H21F3N2O2. The van der Waals surface area contributed by atoms with Gasteiger partial charge in [-0.1, -0.05) is 12.1 Å². The molecule has 0 bridgehead atoms. The summed E-state index contributed by atoms with van der Waals surface area (Å²) in [5, 5.41) is 5.52. The third kappa shape index (κ3) is 5.42. The van der Waals surface area contributed by atoms with Gasteiger partial charge >= 0.3 is 12.2 Å². The van der Waals surface area contributed by atoms with E-state index in [9.17, 15) is 18.0 Å². The summed E-state index contributed by atoms with van der Waals surface area (Å²) >= 11 is 0. The first-order chi connectivity index (χ1) is 10.9. The van der Waals surface area contributed by atoms with Gasteiger partial charge < -0.3 is 15.4 Å². The van der Waals surface area contributed by atoms with Crippen molar-refractivity contribution in [1.82, 2.24) is 10.6 Å². The van der Waals surface area contributed by atoms with Crippen molar-refractivity contribution < 1.29 is 22.7 Å². The maximum Gasteiger partial charge on any atom is 0.416 e. The van der Waals surface area contributed by atoms with Crippen LogP contribution in [0.2, 0.25) is 0 Å². The molecule has 2 atom stereocenters. The number of ether oxygens (including phenoxy) is 1. The lowest BCUT2D eigenvalue weighted by Crippen LogP contribution is -2.46. The van der Waals surface area contributed by atoms with Gasteiger partial charge in [0.2, 0.25) is 0 Å². The fourth-order valence-corrected chi connectivity index (χ4v) is 2.53. The van der Waals surface area contributed by atoms with E-state index in [1.807, 2.05) is 6.92 Å². The maximum atomic E-state index is 12.5. The average molecular weight is 330 g/mol. The van der Waals surface area contributed by atoms with Crippen LogP contribution < -0.4 is 10.6 Å². The van der Waals surface area contributed by atoms with E-state index in [0.29, 0.717) is 13.0 Å². The van der Waals surface area contributed by atoms with Crippen molar-refractivity contribution in [2.45, 2.75) is 44.5 Å². The van der Waals surface area contributed by atoms with Crippen molar-refractivity contribution in [2.75, 3.05) is 13.2 Å². The van der Waals surface area contributed by atoms with E-state index < -0.39 is 11.7 Å². The van der Waals surface area contributed by atoms with Crippen LogP contribution in [-0.4, -0.2) is 31.3 Å². The second-order valence-electron chi connectivity index (χ2n) is 5.69. The van der Waals surface area contributed by atoms with Crippen LogP contribution in [0.4, 0.5) is 18.0 Å². The highest BCUT2D eigenvalue weighted by Crippen LogP contribution is 2.29. The number of carbonyl (C=O) groups is 1. The third-order valence-corrected chi connectivity index (χ3v) is 3.86. The van der Waals surface area contributed by atoms with E-state index in [1.54, 1.807) is 0 Å². The SMILES string of the molecule is C[C@H](NC(=O)NCCc1ccc(C(F)(F)F)cc1)[C@H]1CCCO1. The second-order valence-corrected chi connectivity index (χ2v) is 5.69. The highest BCUT2D eigenvalue weighted by atomic mass is 19.4. The molecule has 0 saturated carbocycles. The first-order valence-electron chi connectivity index (χ1n) is 7.68. The van der Waals surface area contributed by atoms with E-state index in [1.165, 1.54) is 12.1 Å². The van der Waals surface area contributed by atoms with Gasteiger partial charge in [0.05, 0.1) is 17.7 Å². The number of carbonyl (C=O) groups excluding carboxylic acids is 1. The van der Waals surface area contributed by atoms with Gasteiger partial charge in [-0.25, -0.2) is 4.79 Å². The van der Waals surface area contributed by atoms with Gasteiger partial charge in [-0.2, -0.15) is 13.2 Å². The van der Waals surface area contributed by atoms with Crippen molar-refractivity contribution in [3.05, 3.63) is 35.4 Å². The zero-order valence-electron chi connectivity index (χ0n) is 13.0. The quantitative estimate of drug-likeness (QED) is 0.871. The number of nitrogens with one attached hydrogen (secondary N) is 2. The highest BCUT2D eigenvalue weighted by molar-refractivity contribution is 5.74. The lowest BCUT2D eigenvalue weighted by molar-refractivity contribution is -0.137. The van der Waals surface area contributed by atoms with Crippen LogP contribution in [0, 0.1) is 0 Å². The minimum Gasteiger partial charge on any atom is -0.376 e. The Balaban J connectivity index is 1.70. The Labute approximate surface area is 133 Å². The molecule has 2 rings (SSSR count). The van der Waals surface area contributed by atoms with Crippen molar-refractivity contribution in [2.24, 2.45) is 0 Å². The Bertz CT molecular complexity index is 511. The normalized spacial score (nSPS) is 19.4. The van der Waals surface area contributed by atoms with Gasteiger partial charge in [0, 0.05) is 13.2 Å². The Kier molecular flexibility index (Phi) is 5.87. The Morgan fingerprint density at radius 1 is 1.35 bits per heavy atom. The average Bonchev–Trinajstić information content (AvgIpc) is 3.01. The molecule has 0 radical (unpaired) electrons. The third-order valence-electron chi connectivity index (χ3n) is 3.86. The summed E-state index contributed by atoms with van der Waals surface area (Å²) in [6.45, 7) is 2.98. The predicted octanol–water partition coefficient (Wildman–Crippen LogP) is 3.11. The second kappa shape index (κ2) is 7.68. The zero-order chi connectivity index (χ0) is 16.9. The number of hydrogen-bond donors (Lipinski definition) is 2. The molecule has 1 saturated heterocycles. The monoisotopic (exact) mass is 330 g/mol. The standard InChI is InChI=1S/C16H21F3N2O2/c1-11(14-3-2-10-23-14)21-15(22)20-9-8-12-4-6-13(7-5-12)16(17,18)19/h4-7,11,14H,2-3,8-10H2,1H3,(H2,20,21,22)/t11-,14+/m0/s1. The summed E-state index contributed by atoms with van der Waals surface area (Å²) in [7, 11) is 0. The summed E-state index contributed by atoms with van der Waals surface area (Å²) < 4.78 is 42.8. The predicted molar refractivity (Wildman–Crippen MR) is 80.1 cm³/mol. The smallest absolute Gasteiger partial charge is 0.376 e. The molecule has 1 aromatic carbocycles. The lowest BCUT2D eigenvalue weighted by atomic mass is 10.1. The van der Waals surface area contributed by atoms with E-state index in [0.717, 1.165) is 37.1 Å².